The summed E-state index contributed by atoms with van der Waals surface area (Å²) >= 11 is 0. The maximum Gasteiger partial charge on any atom is 0.132 e. The Bertz CT molecular complexity index is 125. The molecule has 0 saturated carbocycles. The van der Waals surface area contributed by atoms with E-state index >= 15 is 0 Å². The maximum absolute atomic E-state index is 10.0. The monoisotopic (exact) mass is 109 g/mol. The van der Waals surface area contributed by atoms with Crippen molar-refractivity contribution in [1.29, 1.82) is 0 Å². The Hall–Kier alpha value is -0.920. The van der Waals surface area contributed by atoms with Crippen molar-refractivity contribution in [3.8, 4) is 0 Å². The van der Waals surface area contributed by atoms with Gasteiger partial charge in [-0.3, -0.25) is 4.99 Å². The Morgan fingerprint density at radius 3 is 3.00 bits per heavy atom. The van der Waals surface area contributed by atoms with Crippen molar-refractivity contribution in [3.05, 3.63) is 12.2 Å². The first-order valence-corrected chi connectivity index (χ1v) is 2.55. The van der Waals surface area contributed by atoms with E-state index in [0.29, 0.717) is 0 Å². The van der Waals surface area contributed by atoms with Gasteiger partial charge in [-0.1, -0.05) is 12.2 Å². The van der Waals surface area contributed by atoms with Gasteiger partial charge in [0.25, 0.3) is 0 Å². The largest absolute Gasteiger partial charge is 0.302 e. The molecule has 0 fully saturated rings. The zero-order valence-electron chi connectivity index (χ0n) is 4.45. The van der Waals surface area contributed by atoms with Gasteiger partial charge in [0.2, 0.25) is 0 Å². The number of rotatable bonds is 1. The molecule has 0 N–H and O–H groups in total. The predicted octanol–water partition coefficient (Wildman–Crippen LogP) is 0.442. The highest BCUT2D eigenvalue weighted by atomic mass is 16.1. The summed E-state index contributed by atoms with van der Waals surface area (Å²) < 4.78 is 0. The smallest absolute Gasteiger partial charge is 0.132 e. The fraction of sp³-hybridized carbons (Fsp3) is 0.333. The number of nitrogens with zero attached hydrogens (tertiary/aromatic N) is 1. The summed E-state index contributed by atoms with van der Waals surface area (Å²) in [5.74, 6) is -0.0660. The van der Waals surface area contributed by atoms with Gasteiger partial charge in [0.05, 0.1) is 12.5 Å². The highest BCUT2D eigenvalue weighted by Crippen LogP contribution is 1.95. The van der Waals surface area contributed by atoms with Crippen LogP contribution in [0.25, 0.3) is 0 Å². The van der Waals surface area contributed by atoms with Crippen molar-refractivity contribution in [2.75, 3.05) is 6.54 Å². The summed E-state index contributed by atoms with van der Waals surface area (Å²) in [6.45, 7) is 0.727. The third kappa shape index (κ3) is 1.03. The van der Waals surface area contributed by atoms with E-state index in [0.717, 1.165) is 12.8 Å². The molecular weight excluding hydrogens is 102 g/mol. The molecule has 8 heavy (non-hydrogen) atoms. The Balaban J connectivity index is 2.54. The molecular formula is C6H7NO. The van der Waals surface area contributed by atoms with E-state index < -0.39 is 0 Å². The lowest BCUT2D eigenvalue weighted by molar-refractivity contribution is -0.108. The second-order valence-electron chi connectivity index (χ2n) is 1.66. The minimum Gasteiger partial charge on any atom is -0.302 e. The lowest BCUT2D eigenvalue weighted by Crippen LogP contribution is -2.02. The lowest BCUT2D eigenvalue weighted by Gasteiger charge is -1.98. The number of hydrogen-bond acceptors (Lipinski definition) is 2. The quantitative estimate of drug-likeness (QED) is 0.355. The van der Waals surface area contributed by atoms with E-state index in [1.807, 2.05) is 12.2 Å². The topological polar surface area (TPSA) is 29.4 Å². The van der Waals surface area contributed by atoms with E-state index in [1.54, 1.807) is 6.21 Å². The van der Waals surface area contributed by atoms with Gasteiger partial charge in [-0.15, -0.1) is 0 Å². The van der Waals surface area contributed by atoms with Gasteiger partial charge >= 0.3 is 0 Å². The number of hydrogen-bond donors (Lipinski definition) is 0. The molecule has 1 aliphatic rings. The number of carbonyl (C=O) groups is 1. The third-order valence-electron chi connectivity index (χ3n) is 1.00. The third-order valence-corrected chi connectivity index (χ3v) is 1.00. The molecule has 0 aromatic rings. The van der Waals surface area contributed by atoms with Crippen molar-refractivity contribution in [2.45, 2.75) is 0 Å². The molecule has 0 aliphatic carbocycles. The number of dihydropyridines is 1. The van der Waals surface area contributed by atoms with Crippen LogP contribution in [-0.4, -0.2) is 19.0 Å². The van der Waals surface area contributed by atoms with Crippen LogP contribution < -0.4 is 0 Å². The second kappa shape index (κ2) is 2.40. The Labute approximate surface area is 47.9 Å². The van der Waals surface area contributed by atoms with Crippen molar-refractivity contribution in [3.63, 3.8) is 0 Å². The van der Waals surface area contributed by atoms with Crippen molar-refractivity contribution < 1.29 is 4.79 Å². The van der Waals surface area contributed by atoms with Gasteiger partial charge in [0.15, 0.2) is 0 Å². The summed E-state index contributed by atoms with van der Waals surface area (Å²) in [5, 5.41) is 0. The summed E-state index contributed by atoms with van der Waals surface area (Å²) in [6.07, 6.45) is 6.27. The van der Waals surface area contributed by atoms with Crippen molar-refractivity contribution in [2.24, 2.45) is 10.9 Å². The van der Waals surface area contributed by atoms with Crippen LogP contribution in [-0.2, 0) is 4.79 Å². The number of allylic oxidation sites excluding steroid dienone is 1. The molecule has 1 aliphatic heterocycles. The highest BCUT2D eigenvalue weighted by molar-refractivity contribution is 5.83. The summed E-state index contributed by atoms with van der Waals surface area (Å²) in [5.41, 5.74) is 0. The maximum atomic E-state index is 10.0. The second-order valence-corrected chi connectivity index (χ2v) is 1.66. The molecule has 0 bridgehead atoms. The summed E-state index contributed by atoms with van der Waals surface area (Å²) in [4.78, 5) is 13.9. The van der Waals surface area contributed by atoms with E-state index in [4.69, 9.17) is 0 Å². The van der Waals surface area contributed by atoms with Crippen LogP contribution in [0, 0.1) is 5.92 Å². The molecule has 1 heterocycles. The van der Waals surface area contributed by atoms with Crippen LogP contribution in [0.5, 0.6) is 0 Å². The van der Waals surface area contributed by atoms with Crippen LogP contribution in [0.1, 0.15) is 0 Å². The van der Waals surface area contributed by atoms with Gasteiger partial charge in [0.1, 0.15) is 6.29 Å². The number of aldehydes is 1. The van der Waals surface area contributed by atoms with E-state index in [1.165, 1.54) is 0 Å². The molecule has 1 unspecified atom stereocenters. The van der Waals surface area contributed by atoms with Gasteiger partial charge in [0, 0.05) is 6.21 Å². The first kappa shape index (κ1) is 5.22. The molecule has 42 valence electrons. The first-order chi connectivity index (χ1) is 3.93. The van der Waals surface area contributed by atoms with Crippen LogP contribution in [0.3, 0.4) is 0 Å². The van der Waals surface area contributed by atoms with Crippen molar-refractivity contribution >= 4 is 12.5 Å². The van der Waals surface area contributed by atoms with Gasteiger partial charge in [-0.25, -0.2) is 0 Å². The molecule has 1 atom stereocenters. The van der Waals surface area contributed by atoms with Crippen LogP contribution in [0.15, 0.2) is 17.1 Å². The van der Waals surface area contributed by atoms with E-state index in [2.05, 4.69) is 4.99 Å². The molecule has 0 aromatic heterocycles. The Morgan fingerprint density at radius 1 is 1.75 bits per heavy atom. The first-order valence-electron chi connectivity index (χ1n) is 2.55. The molecule has 0 saturated heterocycles. The molecule has 0 aromatic carbocycles. The van der Waals surface area contributed by atoms with Crippen LogP contribution in [0.2, 0.25) is 0 Å². The van der Waals surface area contributed by atoms with Gasteiger partial charge in [-0.2, -0.15) is 0 Å². The highest BCUT2D eigenvalue weighted by Gasteiger charge is 1.98. The van der Waals surface area contributed by atoms with Gasteiger partial charge < -0.3 is 4.79 Å². The molecule has 0 spiro atoms. The minimum absolute atomic E-state index is 0.0660. The van der Waals surface area contributed by atoms with Gasteiger partial charge in [-0.05, 0) is 0 Å². The van der Waals surface area contributed by atoms with Crippen LogP contribution in [0.4, 0.5) is 0 Å². The zero-order chi connectivity index (χ0) is 5.82. The average molecular weight is 109 g/mol. The molecule has 0 amide bonds. The summed E-state index contributed by atoms with van der Waals surface area (Å²) in [7, 11) is 0. The lowest BCUT2D eigenvalue weighted by atomic mass is 10.1. The molecule has 1 rings (SSSR count). The predicted molar refractivity (Wildman–Crippen MR) is 32.1 cm³/mol. The van der Waals surface area contributed by atoms with Crippen molar-refractivity contribution in [1.82, 2.24) is 0 Å². The molecule has 2 heteroatoms. The number of carbonyl (C=O) groups excluding carboxylic acids is 1. The van der Waals surface area contributed by atoms with E-state index in [9.17, 15) is 4.79 Å². The Morgan fingerprint density at radius 2 is 2.62 bits per heavy atom. The average Bonchev–Trinajstić information content (AvgIpc) is 1.90. The molecule has 0 radical (unpaired) electrons. The zero-order valence-corrected chi connectivity index (χ0v) is 4.45. The summed E-state index contributed by atoms with van der Waals surface area (Å²) in [6, 6.07) is 0. The molecule has 2 nitrogen and oxygen atoms in total. The Kier molecular flexibility index (Phi) is 1.57. The fourth-order valence-electron chi connectivity index (χ4n) is 0.592. The SMILES string of the molecule is O=CC1C=CCN=C1. The van der Waals surface area contributed by atoms with E-state index in [-0.39, 0.29) is 5.92 Å². The fourth-order valence-corrected chi connectivity index (χ4v) is 0.592. The normalized spacial score (nSPS) is 25.8. The minimum atomic E-state index is -0.0660. The van der Waals surface area contributed by atoms with Crippen LogP contribution >= 0.6 is 0 Å². The standard InChI is InChI=1S/C6H7NO/c8-5-6-2-1-3-7-4-6/h1-2,4-6H,3H2. The number of aliphatic imine (C=N–C) groups is 1.